The van der Waals surface area contributed by atoms with E-state index < -0.39 is 10.0 Å². The van der Waals surface area contributed by atoms with E-state index >= 15 is 0 Å². The van der Waals surface area contributed by atoms with Gasteiger partial charge >= 0.3 is 0 Å². The van der Waals surface area contributed by atoms with Gasteiger partial charge < -0.3 is 10.6 Å². The first kappa shape index (κ1) is 19.8. The first-order valence-corrected chi connectivity index (χ1v) is 10.2. The van der Waals surface area contributed by atoms with E-state index in [0.29, 0.717) is 31.0 Å². The van der Waals surface area contributed by atoms with Crippen molar-refractivity contribution in [1.82, 2.24) is 4.90 Å². The summed E-state index contributed by atoms with van der Waals surface area (Å²) in [5, 5.41) is 0.500. The number of likely N-dealkylation sites (tertiary alicyclic amines) is 1. The van der Waals surface area contributed by atoms with Gasteiger partial charge in [-0.25, -0.2) is 8.42 Å². The normalized spacial score (nSPS) is 15.9. The Bertz CT molecular complexity index is 777. The zero-order valence-electron chi connectivity index (χ0n) is 13.6. The van der Waals surface area contributed by atoms with Gasteiger partial charge in [0, 0.05) is 24.0 Å². The average molecular weight is 408 g/mol. The van der Waals surface area contributed by atoms with Gasteiger partial charge in [0.05, 0.1) is 17.0 Å². The Kier molecular flexibility index (Phi) is 6.18. The topological polar surface area (TPSA) is 101 Å². The van der Waals surface area contributed by atoms with Crippen molar-refractivity contribution in [3.8, 4) is 0 Å². The number of hydrogen-bond acceptors (Lipinski definition) is 4. The number of benzene rings is 1. The van der Waals surface area contributed by atoms with E-state index in [9.17, 15) is 18.0 Å². The molecule has 0 aliphatic carbocycles. The quantitative estimate of drug-likeness (QED) is 0.798. The molecule has 10 heteroatoms. The molecule has 2 amide bonds. The summed E-state index contributed by atoms with van der Waals surface area (Å²) in [7, 11) is -3.73. The number of carbonyl (C=O) groups excluding carboxylic acids is 2. The number of halogens is 2. The fourth-order valence-corrected chi connectivity index (χ4v) is 4.12. The third kappa shape index (κ3) is 4.99. The SMILES string of the molecule is CS(=O)(=O)N(CC(=O)N1CCC(C(N)=O)CC1)c1ccc(Cl)cc1Cl. The fourth-order valence-electron chi connectivity index (χ4n) is 2.70. The molecule has 1 fully saturated rings. The first-order valence-electron chi connectivity index (χ1n) is 7.59. The molecule has 7 nitrogen and oxygen atoms in total. The molecule has 25 heavy (non-hydrogen) atoms. The van der Waals surface area contributed by atoms with Crippen LogP contribution < -0.4 is 10.0 Å². The summed E-state index contributed by atoms with van der Waals surface area (Å²) in [4.78, 5) is 25.2. The highest BCUT2D eigenvalue weighted by Crippen LogP contribution is 2.30. The smallest absolute Gasteiger partial charge is 0.243 e. The van der Waals surface area contributed by atoms with Crippen molar-refractivity contribution in [3.05, 3.63) is 28.2 Å². The summed E-state index contributed by atoms with van der Waals surface area (Å²) >= 11 is 11.9. The number of anilines is 1. The number of carbonyl (C=O) groups is 2. The molecule has 2 N–H and O–H groups in total. The standard InChI is InChI=1S/C15H19Cl2N3O4S/c1-25(23,24)20(13-3-2-11(16)8-12(13)17)9-14(21)19-6-4-10(5-7-19)15(18)22/h2-3,8,10H,4-7,9H2,1H3,(H2,18,22). The Morgan fingerprint density at radius 2 is 1.88 bits per heavy atom. The summed E-state index contributed by atoms with van der Waals surface area (Å²) in [6.45, 7) is 0.345. The summed E-state index contributed by atoms with van der Waals surface area (Å²) in [5.74, 6) is -0.988. The molecule has 1 aliphatic heterocycles. The van der Waals surface area contributed by atoms with Gasteiger partial charge in [0.1, 0.15) is 6.54 Å². The van der Waals surface area contributed by atoms with E-state index in [1.54, 1.807) is 0 Å². The molecule has 138 valence electrons. The van der Waals surface area contributed by atoms with Crippen LogP contribution in [-0.2, 0) is 19.6 Å². The van der Waals surface area contributed by atoms with Crippen LogP contribution in [0.2, 0.25) is 10.0 Å². The van der Waals surface area contributed by atoms with Gasteiger partial charge in [0.25, 0.3) is 0 Å². The molecular weight excluding hydrogens is 389 g/mol. The van der Waals surface area contributed by atoms with Crippen LogP contribution in [0.3, 0.4) is 0 Å². The van der Waals surface area contributed by atoms with Gasteiger partial charge in [-0.1, -0.05) is 23.2 Å². The van der Waals surface area contributed by atoms with E-state index in [1.807, 2.05) is 0 Å². The molecular formula is C15H19Cl2N3O4S. The highest BCUT2D eigenvalue weighted by Gasteiger charge is 2.29. The Hall–Kier alpha value is -1.51. The van der Waals surface area contributed by atoms with Gasteiger partial charge in [-0.15, -0.1) is 0 Å². The molecule has 1 heterocycles. The largest absolute Gasteiger partial charge is 0.369 e. The van der Waals surface area contributed by atoms with Crippen molar-refractivity contribution < 1.29 is 18.0 Å². The predicted octanol–water partition coefficient (Wildman–Crippen LogP) is 1.48. The molecule has 1 saturated heterocycles. The number of nitrogens with zero attached hydrogens (tertiary/aromatic N) is 2. The van der Waals surface area contributed by atoms with Gasteiger partial charge in [0.15, 0.2) is 0 Å². The zero-order valence-corrected chi connectivity index (χ0v) is 15.9. The Labute approximate surface area is 156 Å². The lowest BCUT2D eigenvalue weighted by atomic mass is 9.96. The van der Waals surface area contributed by atoms with Crippen LogP contribution >= 0.6 is 23.2 Å². The maximum atomic E-state index is 12.5. The van der Waals surface area contributed by atoms with Crippen molar-refractivity contribution in [2.24, 2.45) is 11.7 Å². The van der Waals surface area contributed by atoms with Crippen molar-refractivity contribution >= 4 is 50.7 Å². The lowest BCUT2D eigenvalue weighted by molar-refractivity contribution is -0.133. The second-order valence-corrected chi connectivity index (χ2v) is 8.67. The van der Waals surface area contributed by atoms with Crippen LogP contribution in [0.15, 0.2) is 18.2 Å². The third-order valence-corrected chi connectivity index (χ3v) is 5.77. The molecule has 0 saturated carbocycles. The highest BCUT2D eigenvalue weighted by molar-refractivity contribution is 7.92. The van der Waals surface area contributed by atoms with E-state index in [4.69, 9.17) is 28.9 Å². The molecule has 0 unspecified atom stereocenters. The minimum absolute atomic E-state index is 0.137. The molecule has 1 aromatic rings. The maximum Gasteiger partial charge on any atom is 0.243 e. The molecule has 0 spiro atoms. The molecule has 0 bridgehead atoms. The summed E-state index contributed by atoms with van der Waals surface area (Å²) in [6, 6.07) is 4.38. The maximum absolute atomic E-state index is 12.5. The van der Waals surface area contributed by atoms with Crippen LogP contribution in [0.4, 0.5) is 5.69 Å². The number of nitrogens with two attached hydrogens (primary N) is 1. The number of primary amides is 1. The molecule has 0 radical (unpaired) electrons. The zero-order chi connectivity index (χ0) is 18.8. The Morgan fingerprint density at radius 1 is 1.28 bits per heavy atom. The highest BCUT2D eigenvalue weighted by atomic mass is 35.5. The van der Waals surface area contributed by atoms with Gasteiger partial charge in [0.2, 0.25) is 21.8 Å². The van der Waals surface area contributed by atoms with E-state index in [-0.39, 0.29) is 35.0 Å². The van der Waals surface area contributed by atoms with Crippen LogP contribution in [-0.4, -0.2) is 51.0 Å². The number of sulfonamides is 1. The van der Waals surface area contributed by atoms with Gasteiger partial charge in [-0.2, -0.15) is 0 Å². The summed E-state index contributed by atoms with van der Waals surface area (Å²) in [5.41, 5.74) is 5.46. The second-order valence-electron chi connectivity index (χ2n) is 5.92. The molecule has 0 atom stereocenters. The van der Waals surface area contributed by atoms with Crippen molar-refractivity contribution in [2.45, 2.75) is 12.8 Å². The van der Waals surface area contributed by atoms with E-state index in [0.717, 1.165) is 10.6 Å². The van der Waals surface area contributed by atoms with Crippen LogP contribution in [0.1, 0.15) is 12.8 Å². The Balaban J connectivity index is 2.16. The number of hydrogen-bond donors (Lipinski definition) is 1. The monoisotopic (exact) mass is 407 g/mol. The molecule has 0 aromatic heterocycles. The molecule has 1 aliphatic rings. The van der Waals surface area contributed by atoms with Crippen molar-refractivity contribution in [1.29, 1.82) is 0 Å². The summed E-state index contributed by atoms with van der Waals surface area (Å²) < 4.78 is 25.2. The van der Waals surface area contributed by atoms with Crippen molar-refractivity contribution in [2.75, 3.05) is 30.2 Å². The van der Waals surface area contributed by atoms with Crippen LogP contribution in [0.25, 0.3) is 0 Å². The lowest BCUT2D eigenvalue weighted by Crippen LogP contribution is -2.47. The minimum Gasteiger partial charge on any atom is -0.369 e. The number of piperidine rings is 1. The average Bonchev–Trinajstić information content (AvgIpc) is 2.52. The summed E-state index contributed by atoms with van der Waals surface area (Å²) in [6.07, 6.45) is 1.95. The second kappa shape index (κ2) is 7.80. The van der Waals surface area contributed by atoms with Crippen LogP contribution in [0.5, 0.6) is 0 Å². The fraction of sp³-hybridized carbons (Fsp3) is 0.467. The third-order valence-electron chi connectivity index (χ3n) is 4.11. The Morgan fingerprint density at radius 3 is 2.36 bits per heavy atom. The lowest BCUT2D eigenvalue weighted by Gasteiger charge is -2.32. The van der Waals surface area contributed by atoms with Crippen LogP contribution in [0, 0.1) is 5.92 Å². The van der Waals surface area contributed by atoms with E-state index in [2.05, 4.69) is 0 Å². The van der Waals surface area contributed by atoms with Gasteiger partial charge in [-0.3, -0.25) is 13.9 Å². The van der Waals surface area contributed by atoms with Gasteiger partial charge in [-0.05, 0) is 31.0 Å². The number of amides is 2. The van der Waals surface area contributed by atoms with E-state index in [1.165, 1.54) is 23.1 Å². The minimum atomic E-state index is -3.73. The molecule has 1 aromatic carbocycles. The molecule has 2 rings (SSSR count). The first-order chi connectivity index (χ1) is 11.6. The van der Waals surface area contributed by atoms with Crippen molar-refractivity contribution in [3.63, 3.8) is 0 Å². The number of rotatable bonds is 5. The predicted molar refractivity (Wildman–Crippen MR) is 97.2 cm³/mol.